The molecule has 2 aromatic rings. The third-order valence-electron chi connectivity index (χ3n) is 5.72. The van der Waals surface area contributed by atoms with E-state index in [2.05, 4.69) is 11.4 Å². The number of allylic oxidation sites excluding steroid dienone is 4. The van der Waals surface area contributed by atoms with E-state index in [1.807, 2.05) is 31.2 Å². The number of nitrogens with zero attached hydrogens (tertiary/aromatic N) is 1. The van der Waals surface area contributed by atoms with E-state index in [1.165, 1.54) is 12.1 Å². The molecule has 0 spiro atoms. The van der Waals surface area contributed by atoms with E-state index < -0.39 is 5.92 Å². The number of ether oxygens (including phenoxy) is 1. The number of benzene rings is 2. The molecule has 0 bridgehead atoms. The van der Waals surface area contributed by atoms with Crippen molar-refractivity contribution in [2.75, 3.05) is 7.11 Å². The molecule has 1 heterocycles. The second-order valence-electron chi connectivity index (χ2n) is 7.46. The van der Waals surface area contributed by atoms with E-state index in [-0.39, 0.29) is 17.5 Å². The zero-order valence-corrected chi connectivity index (χ0v) is 16.3. The van der Waals surface area contributed by atoms with Gasteiger partial charge < -0.3 is 10.1 Å². The van der Waals surface area contributed by atoms with Gasteiger partial charge in [-0.2, -0.15) is 5.26 Å². The van der Waals surface area contributed by atoms with Gasteiger partial charge in [0.2, 0.25) is 0 Å². The molecule has 0 saturated heterocycles. The van der Waals surface area contributed by atoms with Crippen molar-refractivity contribution in [1.29, 1.82) is 5.26 Å². The van der Waals surface area contributed by atoms with E-state index in [0.29, 0.717) is 35.2 Å². The number of hydrogen-bond acceptors (Lipinski definition) is 4. The average molecular weight is 388 g/mol. The molecule has 4 nitrogen and oxygen atoms in total. The van der Waals surface area contributed by atoms with Crippen LogP contribution < -0.4 is 10.1 Å². The molecule has 2 atom stereocenters. The van der Waals surface area contributed by atoms with Crippen LogP contribution in [0.3, 0.4) is 0 Å². The highest BCUT2D eigenvalue weighted by Crippen LogP contribution is 2.45. The van der Waals surface area contributed by atoms with Gasteiger partial charge in [-0.05, 0) is 54.7 Å². The van der Waals surface area contributed by atoms with E-state index in [1.54, 1.807) is 19.2 Å². The molecule has 1 N–H and O–H groups in total. The maximum absolute atomic E-state index is 13.9. The molecule has 0 amide bonds. The van der Waals surface area contributed by atoms with Gasteiger partial charge in [0.1, 0.15) is 11.6 Å². The number of ketones is 1. The summed E-state index contributed by atoms with van der Waals surface area (Å²) in [5, 5.41) is 13.0. The third-order valence-corrected chi connectivity index (χ3v) is 5.72. The monoisotopic (exact) mass is 388 g/mol. The molecule has 29 heavy (non-hydrogen) atoms. The van der Waals surface area contributed by atoms with Gasteiger partial charge in [-0.3, -0.25) is 4.79 Å². The Morgan fingerprint density at radius 1 is 1.14 bits per heavy atom. The minimum atomic E-state index is -0.531. The van der Waals surface area contributed by atoms with Crippen LogP contribution in [-0.4, -0.2) is 12.9 Å². The lowest BCUT2D eigenvalue weighted by atomic mass is 9.72. The molecular formula is C24H21FN2O2. The summed E-state index contributed by atoms with van der Waals surface area (Å²) in [6.45, 7) is 1.83. The summed E-state index contributed by atoms with van der Waals surface area (Å²) in [6, 6.07) is 16.2. The molecule has 4 rings (SSSR count). The number of carbonyl (C=O) groups is 1. The van der Waals surface area contributed by atoms with Crippen LogP contribution in [0.1, 0.15) is 42.7 Å². The second kappa shape index (κ2) is 7.56. The smallest absolute Gasteiger partial charge is 0.162 e. The number of rotatable bonds is 3. The molecule has 0 radical (unpaired) electrons. The maximum Gasteiger partial charge on any atom is 0.162 e. The lowest BCUT2D eigenvalue weighted by Gasteiger charge is -2.35. The highest BCUT2D eigenvalue weighted by Gasteiger charge is 2.39. The predicted octanol–water partition coefficient (Wildman–Crippen LogP) is 4.72. The van der Waals surface area contributed by atoms with Gasteiger partial charge in [-0.15, -0.1) is 0 Å². The predicted molar refractivity (Wildman–Crippen MR) is 108 cm³/mol. The number of methoxy groups -OCH3 is 1. The molecular weight excluding hydrogens is 367 g/mol. The number of dihydropyridines is 1. The van der Waals surface area contributed by atoms with Crippen molar-refractivity contribution in [2.45, 2.75) is 31.6 Å². The molecule has 0 saturated carbocycles. The summed E-state index contributed by atoms with van der Waals surface area (Å²) < 4.78 is 19.1. The first-order valence-corrected chi connectivity index (χ1v) is 9.55. The van der Waals surface area contributed by atoms with Crippen LogP contribution in [0, 0.1) is 17.1 Å². The number of Topliss-reactive ketones (excluding diaryl/α,β-unsaturated/α-hetero) is 1. The van der Waals surface area contributed by atoms with Gasteiger partial charge in [-0.25, -0.2) is 4.39 Å². The standard InChI is InChI=1S/C24H21FN2O2/c1-14-20(13-26)23(16-4-3-5-18(25)10-16)24-21(27-14)11-17(12-22(24)28)15-6-8-19(29-2)9-7-15/h3-10,17,23,27H,11-12H2,1-2H3/t17-,23+/m1/s1. The fourth-order valence-corrected chi connectivity index (χ4v) is 4.32. The van der Waals surface area contributed by atoms with E-state index in [4.69, 9.17) is 4.74 Å². The number of nitrogens with one attached hydrogen (secondary N) is 1. The topological polar surface area (TPSA) is 62.1 Å². The Kier molecular flexibility index (Phi) is 4.94. The molecule has 0 fully saturated rings. The summed E-state index contributed by atoms with van der Waals surface area (Å²) in [6.07, 6.45) is 1.02. The first-order chi connectivity index (χ1) is 14.0. The van der Waals surface area contributed by atoms with Crippen molar-refractivity contribution >= 4 is 5.78 Å². The lowest BCUT2D eigenvalue weighted by molar-refractivity contribution is -0.116. The van der Waals surface area contributed by atoms with Crippen LogP contribution in [0.4, 0.5) is 4.39 Å². The molecule has 1 aliphatic heterocycles. The highest BCUT2D eigenvalue weighted by molar-refractivity contribution is 6.00. The van der Waals surface area contributed by atoms with Crippen LogP contribution in [0.5, 0.6) is 5.75 Å². The van der Waals surface area contributed by atoms with E-state index in [9.17, 15) is 14.4 Å². The second-order valence-corrected chi connectivity index (χ2v) is 7.46. The summed E-state index contributed by atoms with van der Waals surface area (Å²) in [7, 11) is 1.62. The van der Waals surface area contributed by atoms with Crippen LogP contribution in [0.25, 0.3) is 0 Å². The Bertz CT molecular complexity index is 1080. The van der Waals surface area contributed by atoms with Gasteiger partial charge in [-0.1, -0.05) is 24.3 Å². The van der Waals surface area contributed by atoms with E-state index >= 15 is 0 Å². The zero-order chi connectivity index (χ0) is 20.5. The first-order valence-electron chi connectivity index (χ1n) is 9.55. The van der Waals surface area contributed by atoms with Crippen LogP contribution in [-0.2, 0) is 4.79 Å². The van der Waals surface area contributed by atoms with Crippen molar-refractivity contribution in [1.82, 2.24) is 5.32 Å². The van der Waals surface area contributed by atoms with Gasteiger partial charge in [0, 0.05) is 23.4 Å². The molecule has 5 heteroatoms. The van der Waals surface area contributed by atoms with Gasteiger partial charge in [0.15, 0.2) is 5.78 Å². The molecule has 146 valence electrons. The quantitative estimate of drug-likeness (QED) is 0.826. The molecule has 2 aromatic carbocycles. The van der Waals surface area contributed by atoms with Crippen molar-refractivity contribution in [3.63, 3.8) is 0 Å². The van der Waals surface area contributed by atoms with Gasteiger partial charge >= 0.3 is 0 Å². The summed E-state index contributed by atoms with van der Waals surface area (Å²) >= 11 is 0. The van der Waals surface area contributed by atoms with Crippen molar-refractivity contribution in [3.05, 3.63) is 88.0 Å². The Balaban J connectivity index is 1.75. The average Bonchev–Trinajstić information content (AvgIpc) is 2.72. The van der Waals surface area contributed by atoms with Crippen molar-refractivity contribution in [3.8, 4) is 11.8 Å². The number of nitriles is 1. The van der Waals surface area contributed by atoms with Crippen molar-refractivity contribution < 1.29 is 13.9 Å². The van der Waals surface area contributed by atoms with Gasteiger partial charge in [0.25, 0.3) is 0 Å². The highest BCUT2D eigenvalue weighted by atomic mass is 19.1. The third kappa shape index (κ3) is 3.42. The molecule has 2 aliphatic rings. The van der Waals surface area contributed by atoms with E-state index in [0.717, 1.165) is 17.0 Å². The maximum atomic E-state index is 13.9. The SMILES string of the molecule is COc1ccc([C@H]2CC(=O)C3=C(C2)NC(C)=C(C#N)[C@@H]3c2cccc(F)c2)cc1. The Morgan fingerprint density at radius 3 is 2.55 bits per heavy atom. The number of hydrogen-bond donors (Lipinski definition) is 1. The van der Waals surface area contributed by atoms with Crippen LogP contribution in [0.2, 0.25) is 0 Å². The van der Waals surface area contributed by atoms with Crippen LogP contribution >= 0.6 is 0 Å². The number of halogens is 1. The number of carbonyl (C=O) groups excluding carboxylic acids is 1. The normalized spacial score (nSPS) is 21.4. The minimum Gasteiger partial charge on any atom is -0.497 e. The summed E-state index contributed by atoms with van der Waals surface area (Å²) in [4.78, 5) is 13.2. The van der Waals surface area contributed by atoms with Crippen LogP contribution in [0.15, 0.2) is 71.1 Å². The Morgan fingerprint density at radius 2 is 1.90 bits per heavy atom. The Labute approximate surface area is 169 Å². The Hall–Kier alpha value is -3.39. The van der Waals surface area contributed by atoms with Gasteiger partial charge in [0.05, 0.1) is 24.7 Å². The van der Waals surface area contributed by atoms with Crippen molar-refractivity contribution in [2.24, 2.45) is 0 Å². The molecule has 0 unspecified atom stereocenters. The summed E-state index contributed by atoms with van der Waals surface area (Å²) in [5.74, 6) is -0.0951. The first kappa shape index (κ1) is 18.9. The fraction of sp³-hybridized carbons (Fsp3) is 0.250. The molecule has 1 aliphatic carbocycles. The fourth-order valence-electron chi connectivity index (χ4n) is 4.32. The summed E-state index contributed by atoms with van der Waals surface area (Å²) in [5.41, 5.74) is 4.29. The largest absolute Gasteiger partial charge is 0.497 e. The lowest BCUT2D eigenvalue weighted by Crippen LogP contribution is -2.33. The minimum absolute atomic E-state index is 0.00548. The molecule has 0 aromatic heterocycles. The zero-order valence-electron chi connectivity index (χ0n) is 16.3.